The minimum absolute atomic E-state index is 0.600. The average molecular weight is 260 g/mol. The lowest BCUT2D eigenvalue weighted by Gasteiger charge is -2.42. The smallest absolute Gasteiger partial charge is 0.0369 e. The summed E-state index contributed by atoms with van der Waals surface area (Å²) in [7, 11) is 0. The van der Waals surface area contributed by atoms with Crippen LogP contribution in [0, 0.1) is 12.3 Å². The van der Waals surface area contributed by atoms with Crippen LogP contribution in [-0.4, -0.2) is 13.1 Å². The molecule has 0 amide bonds. The molecule has 1 aromatic carbocycles. The molecule has 106 valence electrons. The van der Waals surface area contributed by atoms with E-state index in [4.69, 9.17) is 5.73 Å². The molecule has 2 N–H and O–H groups in total. The molecule has 2 nitrogen and oxygen atoms in total. The van der Waals surface area contributed by atoms with E-state index < -0.39 is 0 Å². The van der Waals surface area contributed by atoms with Crippen molar-refractivity contribution in [1.29, 1.82) is 0 Å². The summed E-state index contributed by atoms with van der Waals surface area (Å²) in [5.74, 6) is 0. The molecule has 1 aromatic rings. The summed E-state index contributed by atoms with van der Waals surface area (Å²) in [4.78, 5) is 2.54. The minimum atomic E-state index is 0.600. The van der Waals surface area contributed by atoms with Crippen LogP contribution in [-0.2, 0) is 6.54 Å². The first-order chi connectivity index (χ1) is 9.14. The quantitative estimate of drug-likeness (QED) is 0.890. The Hall–Kier alpha value is -1.02. The zero-order valence-corrected chi connectivity index (χ0v) is 12.7. The number of hydrogen-bond donors (Lipinski definition) is 1. The zero-order valence-electron chi connectivity index (χ0n) is 12.7. The Morgan fingerprint density at radius 2 is 1.79 bits per heavy atom. The van der Waals surface area contributed by atoms with Crippen LogP contribution in [0.3, 0.4) is 0 Å². The Morgan fingerprint density at radius 1 is 1.16 bits per heavy atom. The second kappa shape index (κ2) is 5.96. The van der Waals surface area contributed by atoms with Gasteiger partial charge in [0.15, 0.2) is 0 Å². The van der Waals surface area contributed by atoms with Crippen molar-refractivity contribution < 1.29 is 0 Å². The van der Waals surface area contributed by atoms with E-state index in [1.807, 2.05) is 0 Å². The van der Waals surface area contributed by atoms with Gasteiger partial charge in [-0.25, -0.2) is 0 Å². The minimum Gasteiger partial charge on any atom is -0.371 e. The Morgan fingerprint density at radius 3 is 2.26 bits per heavy atom. The highest BCUT2D eigenvalue weighted by molar-refractivity contribution is 5.51. The van der Waals surface area contributed by atoms with Gasteiger partial charge in [0, 0.05) is 25.3 Å². The molecule has 2 heteroatoms. The van der Waals surface area contributed by atoms with E-state index >= 15 is 0 Å². The summed E-state index contributed by atoms with van der Waals surface area (Å²) in [6, 6.07) is 6.72. The van der Waals surface area contributed by atoms with Gasteiger partial charge in [0.1, 0.15) is 0 Å². The second-order valence-corrected chi connectivity index (χ2v) is 6.01. The van der Waals surface area contributed by atoms with Gasteiger partial charge in [0.25, 0.3) is 0 Å². The third kappa shape index (κ3) is 2.94. The topological polar surface area (TPSA) is 29.3 Å². The maximum atomic E-state index is 5.74. The molecule has 1 heterocycles. The van der Waals surface area contributed by atoms with E-state index in [-0.39, 0.29) is 0 Å². The first kappa shape index (κ1) is 14.4. The predicted octanol–water partition coefficient (Wildman–Crippen LogP) is 3.86. The summed E-state index contributed by atoms with van der Waals surface area (Å²) in [5.41, 5.74) is 10.3. The molecule has 0 bridgehead atoms. The summed E-state index contributed by atoms with van der Waals surface area (Å²) in [6.07, 6.45) is 5.31. The lowest BCUT2D eigenvalue weighted by Crippen LogP contribution is -2.39. The van der Waals surface area contributed by atoms with Crippen LogP contribution < -0.4 is 10.6 Å². The normalized spacial score (nSPS) is 18.6. The zero-order chi connectivity index (χ0) is 13.9. The fourth-order valence-electron chi connectivity index (χ4n) is 3.30. The summed E-state index contributed by atoms with van der Waals surface area (Å²) in [6.45, 7) is 9.89. The molecule has 0 aliphatic carbocycles. The van der Waals surface area contributed by atoms with Gasteiger partial charge in [-0.15, -0.1) is 0 Å². The third-order valence-electron chi connectivity index (χ3n) is 5.24. The van der Waals surface area contributed by atoms with E-state index in [1.165, 1.54) is 55.6 Å². The number of rotatable bonds is 4. The highest BCUT2D eigenvalue weighted by Crippen LogP contribution is 2.39. The van der Waals surface area contributed by atoms with Gasteiger partial charge in [0.05, 0.1) is 0 Å². The molecule has 19 heavy (non-hydrogen) atoms. The van der Waals surface area contributed by atoms with Crippen molar-refractivity contribution >= 4 is 5.69 Å². The maximum Gasteiger partial charge on any atom is 0.0369 e. The van der Waals surface area contributed by atoms with Crippen LogP contribution in [0.25, 0.3) is 0 Å². The Kier molecular flexibility index (Phi) is 4.51. The molecular weight excluding hydrogens is 232 g/mol. The van der Waals surface area contributed by atoms with Gasteiger partial charge >= 0.3 is 0 Å². The lowest BCUT2D eigenvalue weighted by atomic mass is 9.74. The molecule has 2 rings (SSSR count). The molecule has 0 aromatic heterocycles. The van der Waals surface area contributed by atoms with Crippen LogP contribution in [0.5, 0.6) is 0 Å². The SMILES string of the molecule is CCC1(CC)CCN(c2ccc(CN)c(C)c2)CC1. The van der Waals surface area contributed by atoms with Gasteiger partial charge < -0.3 is 10.6 Å². The Balaban J connectivity index is 2.07. The van der Waals surface area contributed by atoms with Crippen molar-refractivity contribution in [2.24, 2.45) is 11.1 Å². The monoisotopic (exact) mass is 260 g/mol. The summed E-state index contributed by atoms with van der Waals surface area (Å²) in [5, 5.41) is 0. The van der Waals surface area contributed by atoms with Crippen molar-refractivity contribution in [3.63, 3.8) is 0 Å². The predicted molar refractivity (Wildman–Crippen MR) is 83.5 cm³/mol. The van der Waals surface area contributed by atoms with Crippen molar-refractivity contribution in [1.82, 2.24) is 0 Å². The summed E-state index contributed by atoms with van der Waals surface area (Å²) < 4.78 is 0. The van der Waals surface area contributed by atoms with E-state index in [0.717, 1.165) is 0 Å². The number of anilines is 1. The van der Waals surface area contributed by atoms with E-state index in [2.05, 4.69) is 43.9 Å². The number of nitrogens with zero attached hydrogens (tertiary/aromatic N) is 1. The number of nitrogens with two attached hydrogens (primary N) is 1. The van der Waals surface area contributed by atoms with Crippen LogP contribution in [0.1, 0.15) is 50.7 Å². The van der Waals surface area contributed by atoms with Crippen LogP contribution in [0.15, 0.2) is 18.2 Å². The Labute approximate surface area is 118 Å². The molecular formula is C17H28N2. The molecule has 0 spiro atoms. The second-order valence-electron chi connectivity index (χ2n) is 6.01. The number of aryl methyl sites for hydroxylation is 1. The van der Waals surface area contributed by atoms with Crippen molar-refractivity contribution in [2.75, 3.05) is 18.0 Å². The lowest BCUT2D eigenvalue weighted by molar-refractivity contribution is 0.199. The van der Waals surface area contributed by atoms with Crippen LogP contribution >= 0.6 is 0 Å². The van der Waals surface area contributed by atoms with Gasteiger partial charge in [-0.1, -0.05) is 32.8 Å². The van der Waals surface area contributed by atoms with Crippen molar-refractivity contribution in [3.8, 4) is 0 Å². The number of benzene rings is 1. The van der Waals surface area contributed by atoms with Crippen LogP contribution in [0.4, 0.5) is 5.69 Å². The average Bonchev–Trinajstić information content (AvgIpc) is 2.47. The Bertz CT molecular complexity index is 411. The number of piperidine rings is 1. The molecule has 0 radical (unpaired) electrons. The molecule has 1 fully saturated rings. The van der Waals surface area contributed by atoms with E-state index in [9.17, 15) is 0 Å². The fourth-order valence-corrected chi connectivity index (χ4v) is 3.30. The molecule has 0 atom stereocenters. The molecule has 1 saturated heterocycles. The highest BCUT2D eigenvalue weighted by Gasteiger charge is 2.31. The first-order valence-electron chi connectivity index (χ1n) is 7.68. The summed E-state index contributed by atoms with van der Waals surface area (Å²) >= 11 is 0. The van der Waals surface area contributed by atoms with Crippen molar-refractivity contribution in [3.05, 3.63) is 29.3 Å². The van der Waals surface area contributed by atoms with Gasteiger partial charge in [0.2, 0.25) is 0 Å². The fraction of sp³-hybridized carbons (Fsp3) is 0.647. The maximum absolute atomic E-state index is 5.74. The van der Waals surface area contributed by atoms with Crippen LogP contribution in [0.2, 0.25) is 0 Å². The van der Waals surface area contributed by atoms with Gasteiger partial charge in [-0.05, 0) is 48.4 Å². The molecule has 0 saturated carbocycles. The standard InChI is InChI=1S/C17H28N2/c1-4-17(5-2)8-10-19(11-9-17)16-7-6-15(13-18)14(3)12-16/h6-7,12H,4-5,8-11,13,18H2,1-3H3. The van der Waals surface area contributed by atoms with Crippen molar-refractivity contribution in [2.45, 2.75) is 53.0 Å². The highest BCUT2D eigenvalue weighted by atomic mass is 15.1. The number of hydrogen-bond acceptors (Lipinski definition) is 2. The third-order valence-corrected chi connectivity index (χ3v) is 5.24. The van der Waals surface area contributed by atoms with Gasteiger partial charge in [-0.2, -0.15) is 0 Å². The van der Waals surface area contributed by atoms with Gasteiger partial charge in [-0.3, -0.25) is 0 Å². The largest absolute Gasteiger partial charge is 0.371 e. The van der Waals surface area contributed by atoms with E-state index in [0.29, 0.717) is 12.0 Å². The molecule has 0 unspecified atom stereocenters. The van der Waals surface area contributed by atoms with E-state index in [1.54, 1.807) is 0 Å². The first-order valence-corrected chi connectivity index (χ1v) is 7.68. The molecule has 1 aliphatic rings. The molecule has 1 aliphatic heterocycles.